The maximum absolute atomic E-state index is 14.2. The topological polar surface area (TPSA) is 15.3 Å². The Balaban J connectivity index is 2.14. The molecule has 3 rings (SSSR count). The first-order valence-electron chi connectivity index (χ1n) is 6.89. The average molecular weight is 330 g/mol. The first kappa shape index (κ1) is 15.5. The second-order valence-corrected chi connectivity index (χ2v) is 5.91. The van der Waals surface area contributed by atoms with Gasteiger partial charge in [-0.2, -0.15) is 11.3 Å². The van der Waals surface area contributed by atoms with E-state index in [4.69, 9.17) is 0 Å². The van der Waals surface area contributed by atoms with Crippen LogP contribution >= 0.6 is 11.3 Å². The monoisotopic (exact) mass is 330 g/mol. The van der Waals surface area contributed by atoms with Crippen LogP contribution in [0.5, 0.6) is 0 Å². The van der Waals surface area contributed by atoms with Crippen molar-refractivity contribution in [2.45, 2.75) is 6.04 Å². The van der Waals surface area contributed by atoms with Crippen LogP contribution in [0, 0.1) is 23.3 Å². The lowest BCUT2D eigenvalue weighted by Crippen LogP contribution is -2.45. The van der Waals surface area contributed by atoms with Gasteiger partial charge in [0.25, 0.3) is 0 Å². The molecule has 0 aliphatic carbocycles. The van der Waals surface area contributed by atoms with E-state index >= 15 is 0 Å². The summed E-state index contributed by atoms with van der Waals surface area (Å²) in [5, 5.41) is 6.66. The van der Waals surface area contributed by atoms with Crippen molar-refractivity contribution < 1.29 is 17.6 Å². The van der Waals surface area contributed by atoms with Crippen molar-refractivity contribution in [1.82, 2.24) is 10.2 Å². The summed E-state index contributed by atoms with van der Waals surface area (Å²) in [6.45, 7) is 2.39. The Morgan fingerprint density at radius 3 is 2.23 bits per heavy atom. The fraction of sp³-hybridized carbons (Fsp3) is 0.333. The van der Waals surface area contributed by atoms with E-state index in [2.05, 4.69) is 5.32 Å². The molecule has 0 spiro atoms. The van der Waals surface area contributed by atoms with Crippen LogP contribution in [-0.2, 0) is 0 Å². The summed E-state index contributed by atoms with van der Waals surface area (Å²) >= 11 is 1.37. The van der Waals surface area contributed by atoms with Crippen LogP contribution in [0.15, 0.2) is 22.9 Å². The summed E-state index contributed by atoms with van der Waals surface area (Å²) in [7, 11) is 0. The average Bonchev–Trinajstić information content (AvgIpc) is 3.04. The zero-order valence-electron chi connectivity index (χ0n) is 11.6. The van der Waals surface area contributed by atoms with E-state index in [1.54, 1.807) is 16.8 Å². The Morgan fingerprint density at radius 2 is 1.68 bits per heavy atom. The van der Waals surface area contributed by atoms with Crippen LogP contribution in [-0.4, -0.2) is 31.1 Å². The standard InChI is InChI=1S/C15H14F4N2S/c16-10-7-11(17)14(19)12(13(10)18)15(9-1-6-22-8-9)21-4-2-20-3-5-21/h1,6-8,15,20H,2-5H2/t15-/m0/s1. The van der Waals surface area contributed by atoms with Gasteiger partial charge in [-0.1, -0.05) is 0 Å². The summed E-state index contributed by atoms with van der Waals surface area (Å²) in [6.07, 6.45) is 0. The zero-order valence-corrected chi connectivity index (χ0v) is 12.4. The predicted octanol–water partition coefficient (Wildman–Crippen LogP) is 3.30. The van der Waals surface area contributed by atoms with E-state index in [1.807, 2.05) is 4.90 Å². The molecule has 118 valence electrons. The molecule has 1 aromatic carbocycles. The highest BCUT2D eigenvalue weighted by molar-refractivity contribution is 7.08. The lowest BCUT2D eigenvalue weighted by atomic mass is 9.97. The molecule has 1 atom stereocenters. The Hall–Kier alpha value is -1.44. The van der Waals surface area contributed by atoms with Gasteiger partial charge in [-0.3, -0.25) is 4.90 Å². The number of rotatable bonds is 3. The van der Waals surface area contributed by atoms with Gasteiger partial charge in [-0.25, -0.2) is 17.6 Å². The number of hydrogen-bond acceptors (Lipinski definition) is 3. The molecule has 0 amide bonds. The third kappa shape index (κ3) is 2.76. The lowest BCUT2D eigenvalue weighted by molar-refractivity contribution is 0.190. The molecule has 1 aromatic heterocycles. The van der Waals surface area contributed by atoms with E-state index in [0.29, 0.717) is 31.7 Å². The highest BCUT2D eigenvalue weighted by Crippen LogP contribution is 2.35. The number of nitrogens with zero attached hydrogens (tertiary/aromatic N) is 1. The van der Waals surface area contributed by atoms with Gasteiger partial charge in [-0.05, 0) is 22.4 Å². The van der Waals surface area contributed by atoms with Crippen LogP contribution < -0.4 is 5.32 Å². The van der Waals surface area contributed by atoms with Crippen molar-refractivity contribution in [3.8, 4) is 0 Å². The van der Waals surface area contributed by atoms with Gasteiger partial charge >= 0.3 is 0 Å². The van der Waals surface area contributed by atoms with Crippen LogP contribution in [0.4, 0.5) is 17.6 Å². The molecule has 1 N–H and O–H groups in total. The van der Waals surface area contributed by atoms with Crippen LogP contribution in [0.1, 0.15) is 17.2 Å². The van der Waals surface area contributed by atoms with Crippen molar-refractivity contribution >= 4 is 11.3 Å². The first-order chi connectivity index (χ1) is 10.6. The van der Waals surface area contributed by atoms with Gasteiger partial charge in [0.15, 0.2) is 23.3 Å². The fourth-order valence-corrected chi connectivity index (χ4v) is 3.44. The van der Waals surface area contributed by atoms with E-state index in [9.17, 15) is 17.6 Å². The summed E-state index contributed by atoms with van der Waals surface area (Å²) in [6, 6.07) is 1.13. The first-order valence-corrected chi connectivity index (χ1v) is 7.83. The molecule has 0 bridgehead atoms. The molecule has 1 aliphatic rings. The summed E-state index contributed by atoms with van der Waals surface area (Å²) < 4.78 is 55.6. The van der Waals surface area contributed by atoms with Crippen LogP contribution in [0.25, 0.3) is 0 Å². The molecule has 0 saturated carbocycles. The number of benzene rings is 1. The van der Waals surface area contributed by atoms with Crippen molar-refractivity contribution in [3.63, 3.8) is 0 Å². The van der Waals surface area contributed by atoms with E-state index in [0.717, 1.165) is 0 Å². The van der Waals surface area contributed by atoms with Crippen molar-refractivity contribution in [2.24, 2.45) is 0 Å². The predicted molar refractivity (Wildman–Crippen MR) is 76.9 cm³/mol. The van der Waals surface area contributed by atoms with Gasteiger partial charge in [0.05, 0.1) is 11.6 Å². The molecule has 2 heterocycles. The molecule has 2 nitrogen and oxygen atoms in total. The minimum atomic E-state index is -1.37. The van der Waals surface area contributed by atoms with Gasteiger partial charge in [0.2, 0.25) is 0 Å². The molecule has 7 heteroatoms. The number of nitrogens with one attached hydrogen (secondary N) is 1. The number of thiophene rings is 1. The van der Waals surface area contributed by atoms with Gasteiger partial charge in [-0.15, -0.1) is 0 Å². The van der Waals surface area contributed by atoms with Gasteiger partial charge in [0.1, 0.15) is 0 Å². The zero-order chi connectivity index (χ0) is 15.7. The maximum atomic E-state index is 14.2. The molecular formula is C15H14F4N2S. The molecule has 1 saturated heterocycles. The molecule has 2 aromatic rings. The Labute approximate surface area is 129 Å². The molecular weight excluding hydrogens is 316 g/mol. The van der Waals surface area contributed by atoms with Crippen molar-refractivity contribution in [2.75, 3.05) is 26.2 Å². The SMILES string of the molecule is Fc1cc(F)c(F)c([C@H](c2ccsc2)N2CCNCC2)c1F. The number of piperazine rings is 1. The minimum absolute atomic E-state index is 0.247. The van der Waals surface area contributed by atoms with E-state index in [1.165, 1.54) is 11.3 Å². The Kier molecular flexibility index (Phi) is 4.46. The smallest absolute Gasteiger partial charge is 0.167 e. The molecule has 22 heavy (non-hydrogen) atoms. The number of halogens is 4. The highest BCUT2D eigenvalue weighted by atomic mass is 32.1. The molecule has 0 radical (unpaired) electrons. The third-order valence-electron chi connectivity index (χ3n) is 3.79. The van der Waals surface area contributed by atoms with E-state index < -0.39 is 34.9 Å². The van der Waals surface area contributed by atoms with Gasteiger partial charge < -0.3 is 5.32 Å². The van der Waals surface area contributed by atoms with E-state index in [-0.39, 0.29) is 6.07 Å². The van der Waals surface area contributed by atoms with Crippen molar-refractivity contribution in [1.29, 1.82) is 0 Å². The second kappa shape index (κ2) is 6.36. The largest absolute Gasteiger partial charge is 0.314 e. The molecule has 1 aliphatic heterocycles. The summed E-state index contributed by atoms with van der Waals surface area (Å²) in [4.78, 5) is 1.83. The molecule has 0 unspecified atom stereocenters. The summed E-state index contributed by atoms with van der Waals surface area (Å²) in [5.74, 6) is -5.39. The second-order valence-electron chi connectivity index (χ2n) is 5.13. The maximum Gasteiger partial charge on any atom is 0.167 e. The third-order valence-corrected chi connectivity index (χ3v) is 4.50. The molecule has 1 fully saturated rings. The summed E-state index contributed by atoms with van der Waals surface area (Å²) in [5.41, 5.74) is 0.0764. The van der Waals surface area contributed by atoms with Gasteiger partial charge in [0, 0.05) is 32.2 Å². The quantitative estimate of drug-likeness (QED) is 0.686. The van der Waals surface area contributed by atoms with Crippen LogP contribution in [0.3, 0.4) is 0 Å². The highest BCUT2D eigenvalue weighted by Gasteiger charge is 2.32. The lowest BCUT2D eigenvalue weighted by Gasteiger charge is -2.35. The van der Waals surface area contributed by atoms with Crippen LogP contribution in [0.2, 0.25) is 0 Å². The number of hydrogen-bond donors (Lipinski definition) is 1. The minimum Gasteiger partial charge on any atom is -0.314 e. The Morgan fingerprint density at radius 1 is 1.05 bits per heavy atom. The Bertz CT molecular complexity index is 628. The normalized spacial score (nSPS) is 17.6. The fourth-order valence-electron chi connectivity index (χ4n) is 2.76. The van der Waals surface area contributed by atoms with Crippen molar-refractivity contribution in [3.05, 3.63) is 57.3 Å².